The van der Waals surface area contributed by atoms with Gasteiger partial charge in [-0.15, -0.1) is 0 Å². The lowest BCUT2D eigenvalue weighted by Gasteiger charge is -2.14. The fourth-order valence-electron chi connectivity index (χ4n) is 1.68. The molecule has 0 heterocycles. The Hall–Kier alpha value is -2.37. The minimum absolute atomic E-state index is 0.149. The molecule has 0 atom stereocenters. The molecule has 0 aliphatic rings. The van der Waals surface area contributed by atoms with E-state index < -0.39 is 57.3 Å². The van der Waals surface area contributed by atoms with Gasteiger partial charge in [0.15, 0.2) is 0 Å². The van der Waals surface area contributed by atoms with Crippen molar-refractivity contribution in [3.8, 4) is 0 Å². The van der Waals surface area contributed by atoms with Crippen LogP contribution >= 0.6 is 0 Å². The van der Waals surface area contributed by atoms with Gasteiger partial charge in [0.25, 0.3) is 0 Å². The summed E-state index contributed by atoms with van der Waals surface area (Å²) in [7, 11) is -4.32. The van der Waals surface area contributed by atoms with Crippen molar-refractivity contribution in [2.45, 2.75) is 19.0 Å². The summed E-state index contributed by atoms with van der Waals surface area (Å²) in [6.45, 7) is -0.210. The van der Waals surface area contributed by atoms with E-state index in [-0.39, 0.29) is 19.0 Å². The van der Waals surface area contributed by atoms with Crippen LogP contribution in [-0.2, 0) is 25.8 Å². The van der Waals surface area contributed by atoms with Crippen molar-refractivity contribution in [2.24, 2.45) is 0 Å². The Morgan fingerprint density at radius 3 is 2.36 bits per heavy atom. The van der Waals surface area contributed by atoms with Crippen LogP contribution in [0.5, 0.6) is 0 Å². The summed E-state index contributed by atoms with van der Waals surface area (Å²) in [6, 6.07) is 1.44. The van der Waals surface area contributed by atoms with Crippen LogP contribution in [0.25, 0.3) is 0 Å². The number of carbonyl (C=O) groups excluding carboxylic acids is 1. The second kappa shape index (κ2) is 8.14. The Morgan fingerprint density at radius 2 is 1.80 bits per heavy atom. The van der Waals surface area contributed by atoms with E-state index in [1.807, 2.05) is 0 Å². The molecule has 0 aromatic heterocycles. The number of alkyl halides is 3. The average Bonchev–Trinajstić information content (AvgIpc) is 2.45. The lowest BCUT2D eigenvalue weighted by atomic mass is 10.2. The molecule has 0 bridgehead atoms. The molecule has 0 radical (unpaired) electrons. The van der Waals surface area contributed by atoms with Crippen LogP contribution in [0.3, 0.4) is 0 Å². The standard InChI is InChI=1S/C13H14F4N2O5S/c14-8-1-2-10(9(7-8)13(15,16)17)19-25(23,24)6-4-11(20)18-5-3-12(21)22/h1-2,7,19H,3-6H2,(H,18,20)(H,21,22). The van der Waals surface area contributed by atoms with E-state index in [0.717, 1.165) is 0 Å². The first-order chi connectivity index (χ1) is 11.4. The predicted molar refractivity (Wildman–Crippen MR) is 78.7 cm³/mol. The highest BCUT2D eigenvalue weighted by Crippen LogP contribution is 2.35. The number of rotatable bonds is 8. The van der Waals surface area contributed by atoms with Crippen LogP contribution in [0.15, 0.2) is 18.2 Å². The third-order valence-corrected chi connectivity index (χ3v) is 4.08. The zero-order chi connectivity index (χ0) is 19.3. The Bertz CT molecular complexity index is 749. The van der Waals surface area contributed by atoms with Gasteiger partial charge in [-0.1, -0.05) is 0 Å². The normalized spacial score (nSPS) is 11.8. The molecule has 1 aromatic carbocycles. The number of sulfonamides is 1. The van der Waals surface area contributed by atoms with Crippen molar-refractivity contribution in [2.75, 3.05) is 17.0 Å². The minimum Gasteiger partial charge on any atom is -0.481 e. The lowest BCUT2D eigenvalue weighted by Crippen LogP contribution is -2.29. The molecule has 0 aliphatic heterocycles. The Morgan fingerprint density at radius 1 is 1.16 bits per heavy atom. The average molecular weight is 386 g/mol. The zero-order valence-corrected chi connectivity index (χ0v) is 13.4. The molecule has 140 valence electrons. The lowest BCUT2D eigenvalue weighted by molar-refractivity contribution is -0.138. The molecular formula is C13H14F4N2O5S. The molecule has 1 amide bonds. The summed E-state index contributed by atoms with van der Waals surface area (Å²) >= 11 is 0. The molecule has 12 heteroatoms. The number of nitrogens with one attached hydrogen (secondary N) is 2. The molecular weight excluding hydrogens is 372 g/mol. The summed E-state index contributed by atoms with van der Waals surface area (Å²) in [6.07, 6.45) is -5.92. The number of carbonyl (C=O) groups is 2. The van der Waals surface area contributed by atoms with Gasteiger partial charge in [-0.3, -0.25) is 14.3 Å². The van der Waals surface area contributed by atoms with Crippen molar-refractivity contribution >= 4 is 27.6 Å². The first-order valence-electron chi connectivity index (χ1n) is 6.76. The van der Waals surface area contributed by atoms with Gasteiger partial charge in [0.2, 0.25) is 15.9 Å². The van der Waals surface area contributed by atoms with Crippen molar-refractivity contribution in [1.82, 2.24) is 5.32 Å². The van der Waals surface area contributed by atoms with Gasteiger partial charge < -0.3 is 10.4 Å². The molecule has 0 unspecified atom stereocenters. The largest absolute Gasteiger partial charge is 0.481 e. The third-order valence-electron chi connectivity index (χ3n) is 2.81. The molecule has 7 nitrogen and oxygen atoms in total. The molecule has 0 aliphatic carbocycles. The van der Waals surface area contributed by atoms with E-state index in [1.165, 1.54) is 0 Å². The third kappa shape index (κ3) is 7.37. The summed E-state index contributed by atoms with van der Waals surface area (Å²) in [4.78, 5) is 21.6. The number of anilines is 1. The maximum absolute atomic E-state index is 13.0. The number of carboxylic acids is 1. The van der Waals surface area contributed by atoms with Crippen LogP contribution in [0.4, 0.5) is 23.2 Å². The van der Waals surface area contributed by atoms with Crippen LogP contribution in [0, 0.1) is 5.82 Å². The van der Waals surface area contributed by atoms with Crippen molar-refractivity contribution in [3.63, 3.8) is 0 Å². The van der Waals surface area contributed by atoms with Gasteiger partial charge in [0.1, 0.15) is 5.82 Å². The molecule has 1 rings (SSSR count). The van der Waals surface area contributed by atoms with E-state index in [1.54, 1.807) is 4.72 Å². The summed E-state index contributed by atoms with van der Waals surface area (Å²) in [5.41, 5.74) is -2.36. The van der Waals surface area contributed by atoms with Gasteiger partial charge in [0.05, 0.1) is 23.4 Å². The number of hydrogen-bond acceptors (Lipinski definition) is 4. The predicted octanol–water partition coefficient (Wildman–Crippen LogP) is 1.57. The molecule has 0 spiro atoms. The highest BCUT2D eigenvalue weighted by Gasteiger charge is 2.35. The van der Waals surface area contributed by atoms with E-state index >= 15 is 0 Å². The van der Waals surface area contributed by atoms with Gasteiger partial charge in [-0.2, -0.15) is 13.2 Å². The van der Waals surface area contributed by atoms with Crippen molar-refractivity contribution in [3.05, 3.63) is 29.6 Å². The van der Waals surface area contributed by atoms with Gasteiger partial charge in [0, 0.05) is 13.0 Å². The Labute approximate surface area is 140 Å². The maximum atomic E-state index is 13.0. The molecule has 0 saturated heterocycles. The molecule has 0 saturated carbocycles. The van der Waals surface area contributed by atoms with Crippen LogP contribution < -0.4 is 10.0 Å². The van der Waals surface area contributed by atoms with Crippen LogP contribution in [0.2, 0.25) is 0 Å². The second-order valence-electron chi connectivity index (χ2n) is 4.85. The van der Waals surface area contributed by atoms with E-state index in [4.69, 9.17) is 5.11 Å². The minimum atomic E-state index is -4.98. The Kier molecular flexibility index (Phi) is 6.73. The summed E-state index contributed by atoms with van der Waals surface area (Å²) in [5, 5.41) is 10.5. The summed E-state index contributed by atoms with van der Waals surface area (Å²) < 4.78 is 76.7. The van der Waals surface area contributed by atoms with Gasteiger partial charge in [-0.05, 0) is 18.2 Å². The highest BCUT2D eigenvalue weighted by atomic mass is 32.2. The quantitative estimate of drug-likeness (QED) is 0.587. The number of amides is 1. The van der Waals surface area contributed by atoms with E-state index in [0.29, 0.717) is 12.1 Å². The van der Waals surface area contributed by atoms with Crippen LogP contribution in [-0.4, -0.2) is 37.7 Å². The summed E-state index contributed by atoms with van der Waals surface area (Å²) in [5.74, 6) is -3.96. The number of halogens is 4. The molecule has 25 heavy (non-hydrogen) atoms. The van der Waals surface area contributed by atoms with Crippen molar-refractivity contribution in [1.29, 1.82) is 0 Å². The topological polar surface area (TPSA) is 113 Å². The number of aliphatic carboxylic acids is 1. The highest BCUT2D eigenvalue weighted by molar-refractivity contribution is 7.92. The van der Waals surface area contributed by atoms with E-state index in [2.05, 4.69) is 5.32 Å². The number of carboxylic acid groups (broad SMARTS) is 1. The van der Waals surface area contributed by atoms with Gasteiger partial charge in [-0.25, -0.2) is 12.8 Å². The first-order valence-corrected chi connectivity index (χ1v) is 8.41. The van der Waals surface area contributed by atoms with Crippen LogP contribution in [0.1, 0.15) is 18.4 Å². The maximum Gasteiger partial charge on any atom is 0.418 e. The smallest absolute Gasteiger partial charge is 0.418 e. The Balaban J connectivity index is 2.73. The zero-order valence-electron chi connectivity index (χ0n) is 12.6. The SMILES string of the molecule is O=C(O)CCNC(=O)CCS(=O)(=O)Nc1ccc(F)cc1C(F)(F)F. The first kappa shape index (κ1) is 20.7. The number of benzene rings is 1. The molecule has 0 fully saturated rings. The fourth-order valence-corrected chi connectivity index (χ4v) is 2.75. The van der Waals surface area contributed by atoms with E-state index in [9.17, 15) is 35.6 Å². The second-order valence-corrected chi connectivity index (χ2v) is 6.69. The fraction of sp³-hybridized carbons (Fsp3) is 0.385. The monoisotopic (exact) mass is 386 g/mol. The van der Waals surface area contributed by atoms with Crippen molar-refractivity contribution < 1.29 is 40.7 Å². The number of hydrogen-bond donors (Lipinski definition) is 3. The van der Waals surface area contributed by atoms with Gasteiger partial charge >= 0.3 is 12.1 Å². The molecule has 1 aromatic rings. The molecule has 3 N–H and O–H groups in total.